The maximum absolute atomic E-state index is 14.2. The molecular formula is C14H19F2N3S. The second kappa shape index (κ2) is 6.01. The third-order valence-electron chi connectivity index (χ3n) is 3.59. The standard InChI is InChI=1S/C14H19F2N3S/c1-18(2)8-9-4-3-7-19(9)11-6-5-10(14(17)20)12(15)13(11)16/h5-6,9H,3-4,7-8H2,1-2H3,(H2,17,20). The highest BCUT2D eigenvalue weighted by atomic mass is 32.1. The van der Waals surface area contributed by atoms with Gasteiger partial charge in [0.15, 0.2) is 11.6 Å². The fraction of sp³-hybridized carbons (Fsp3) is 0.500. The molecule has 0 saturated carbocycles. The normalized spacial score (nSPS) is 18.9. The number of benzene rings is 1. The van der Waals surface area contributed by atoms with Gasteiger partial charge < -0.3 is 15.5 Å². The quantitative estimate of drug-likeness (QED) is 0.863. The molecule has 3 nitrogen and oxygen atoms in total. The van der Waals surface area contributed by atoms with E-state index in [0.29, 0.717) is 5.69 Å². The largest absolute Gasteiger partial charge is 0.389 e. The summed E-state index contributed by atoms with van der Waals surface area (Å²) in [5.41, 5.74) is 5.65. The summed E-state index contributed by atoms with van der Waals surface area (Å²) in [7, 11) is 3.95. The lowest BCUT2D eigenvalue weighted by Crippen LogP contribution is -2.38. The highest BCUT2D eigenvalue weighted by Crippen LogP contribution is 2.30. The van der Waals surface area contributed by atoms with Gasteiger partial charge in [0.1, 0.15) is 4.99 Å². The van der Waals surface area contributed by atoms with Crippen molar-refractivity contribution in [3.05, 3.63) is 29.3 Å². The lowest BCUT2D eigenvalue weighted by atomic mass is 10.1. The minimum Gasteiger partial charge on any atom is -0.389 e. The van der Waals surface area contributed by atoms with Crippen molar-refractivity contribution >= 4 is 22.9 Å². The zero-order chi connectivity index (χ0) is 14.9. The van der Waals surface area contributed by atoms with Crippen LogP contribution in [0.5, 0.6) is 0 Å². The second-order valence-corrected chi connectivity index (χ2v) is 5.82. The lowest BCUT2D eigenvalue weighted by molar-refractivity contribution is 0.370. The average Bonchev–Trinajstić information content (AvgIpc) is 2.79. The summed E-state index contributed by atoms with van der Waals surface area (Å²) in [4.78, 5) is 3.86. The molecule has 0 bridgehead atoms. The molecule has 1 aromatic carbocycles. The van der Waals surface area contributed by atoms with Crippen LogP contribution in [0.25, 0.3) is 0 Å². The summed E-state index contributed by atoms with van der Waals surface area (Å²) in [6.07, 6.45) is 1.97. The van der Waals surface area contributed by atoms with Gasteiger partial charge in [0.05, 0.1) is 5.69 Å². The molecule has 0 radical (unpaired) electrons. The average molecular weight is 299 g/mol. The summed E-state index contributed by atoms with van der Waals surface area (Å²) in [5.74, 6) is -1.81. The number of nitrogens with zero attached hydrogens (tertiary/aromatic N) is 2. The topological polar surface area (TPSA) is 32.5 Å². The molecule has 2 N–H and O–H groups in total. The predicted octanol–water partition coefficient (Wildman–Crippen LogP) is 2.13. The van der Waals surface area contributed by atoms with Crippen molar-refractivity contribution in [3.8, 4) is 0 Å². The van der Waals surface area contributed by atoms with Crippen LogP contribution in [0.15, 0.2) is 12.1 Å². The number of hydrogen-bond donors (Lipinski definition) is 1. The van der Waals surface area contributed by atoms with Crippen LogP contribution in [0, 0.1) is 11.6 Å². The molecule has 1 unspecified atom stereocenters. The summed E-state index contributed by atoms with van der Waals surface area (Å²) >= 11 is 4.72. The van der Waals surface area contributed by atoms with Crippen molar-refractivity contribution in [2.45, 2.75) is 18.9 Å². The first-order chi connectivity index (χ1) is 9.41. The maximum Gasteiger partial charge on any atom is 0.182 e. The van der Waals surface area contributed by atoms with E-state index in [1.807, 2.05) is 19.0 Å². The van der Waals surface area contributed by atoms with Gasteiger partial charge in [-0.2, -0.15) is 0 Å². The predicted molar refractivity (Wildman–Crippen MR) is 81.2 cm³/mol. The summed E-state index contributed by atoms with van der Waals surface area (Å²) in [6, 6.07) is 3.23. The van der Waals surface area contributed by atoms with Gasteiger partial charge in [-0.3, -0.25) is 0 Å². The Morgan fingerprint density at radius 1 is 1.40 bits per heavy atom. The van der Waals surface area contributed by atoms with E-state index in [4.69, 9.17) is 18.0 Å². The van der Waals surface area contributed by atoms with E-state index in [9.17, 15) is 8.78 Å². The number of nitrogens with two attached hydrogens (primary N) is 1. The molecule has 0 aromatic heterocycles. The Labute approximate surface area is 123 Å². The Bertz CT molecular complexity index is 519. The van der Waals surface area contributed by atoms with Crippen LogP contribution in [0.4, 0.5) is 14.5 Å². The minimum absolute atomic E-state index is 0.0374. The fourth-order valence-electron chi connectivity index (χ4n) is 2.72. The Balaban J connectivity index is 2.33. The maximum atomic E-state index is 14.2. The molecule has 110 valence electrons. The van der Waals surface area contributed by atoms with E-state index in [1.165, 1.54) is 6.07 Å². The Morgan fingerprint density at radius 2 is 2.10 bits per heavy atom. The van der Waals surface area contributed by atoms with Crippen molar-refractivity contribution in [3.63, 3.8) is 0 Å². The number of hydrogen-bond acceptors (Lipinski definition) is 3. The van der Waals surface area contributed by atoms with Crippen molar-refractivity contribution in [1.82, 2.24) is 4.90 Å². The van der Waals surface area contributed by atoms with E-state index in [1.54, 1.807) is 6.07 Å². The summed E-state index contributed by atoms with van der Waals surface area (Å²) in [6.45, 7) is 1.55. The van der Waals surface area contributed by atoms with Gasteiger partial charge in [0.25, 0.3) is 0 Å². The van der Waals surface area contributed by atoms with E-state index < -0.39 is 11.6 Å². The molecule has 1 atom stereocenters. The first-order valence-corrected chi connectivity index (χ1v) is 7.01. The van der Waals surface area contributed by atoms with E-state index in [-0.39, 0.29) is 16.6 Å². The Morgan fingerprint density at radius 3 is 2.70 bits per heavy atom. The van der Waals surface area contributed by atoms with Gasteiger partial charge in [-0.1, -0.05) is 12.2 Å². The zero-order valence-corrected chi connectivity index (χ0v) is 12.5. The van der Waals surface area contributed by atoms with Crippen LogP contribution in [0.2, 0.25) is 0 Å². The van der Waals surface area contributed by atoms with E-state index in [2.05, 4.69) is 4.90 Å². The van der Waals surface area contributed by atoms with Gasteiger partial charge >= 0.3 is 0 Å². The third-order valence-corrected chi connectivity index (χ3v) is 3.81. The molecule has 1 fully saturated rings. The lowest BCUT2D eigenvalue weighted by Gasteiger charge is -2.29. The number of rotatable bonds is 4. The molecule has 0 aliphatic carbocycles. The minimum atomic E-state index is -0.953. The molecular weight excluding hydrogens is 280 g/mol. The Hall–Kier alpha value is -1.27. The highest BCUT2D eigenvalue weighted by Gasteiger charge is 2.28. The van der Waals surface area contributed by atoms with Crippen molar-refractivity contribution in [1.29, 1.82) is 0 Å². The summed E-state index contributed by atoms with van der Waals surface area (Å²) in [5, 5.41) is 0. The van der Waals surface area contributed by atoms with Gasteiger partial charge in [0, 0.05) is 24.7 Å². The van der Waals surface area contributed by atoms with Crippen LogP contribution in [0.1, 0.15) is 18.4 Å². The number of thiocarbonyl (C=S) groups is 1. The van der Waals surface area contributed by atoms with Crippen molar-refractivity contribution < 1.29 is 8.78 Å². The smallest absolute Gasteiger partial charge is 0.182 e. The van der Waals surface area contributed by atoms with Gasteiger partial charge in [-0.15, -0.1) is 0 Å². The fourth-order valence-corrected chi connectivity index (χ4v) is 2.87. The Kier molecular flexibility index (Phi) is 4.55. The molecule has 0 amide bonds. The highest BCUT2D eigenvalue weighted by molar-refractivity contribution is 7.80. The van der Waals surface area contributed by atoms with Crippen LogP contribution < -0.4 is 10.6 Å². The summed E-state index contributed by atoms with van der Waals surface area (Å²) < 4.78 is 28.2. The molecule has 1 aliphatic rings. The van der Waals surface area contributed by atoms with Crippen molar-refractivity contribution in [2.75, 3.05) is 32.1 Å². The molecule has 1 saturated heterocycles. The van der Waals surface area contributed by atoms with Crippen LogP contribution >= 0.6 is 12.2 Å². The van der Waals surface area contributed by atoms with E-state index in [0.717, 1.165) is 25.9 Å². The molecule has 1 heterocycles. The number of halogens is 2. The number of anilines is 1. The van der Waals surface area contributed by atoms with E-state index >= 15 is 0 Å². The first-order valence-electron chi connectivity index (χ1n) is 6.61. The molecule has 2 rings (SSSR count). The van der Waals surface area contributed by atoms with Gasteiger partial charge in [-0.05, 0) is 39.1 Å². The van der Waals surface area contributed by atoms with Gasteiger partial charge in [0.2, 0.25) is 0 Å². The molecule has 1 aliphatic heterocycles. The molecule has 6 heteroatoms. The molecule has 20 heavy (non-hydrogen) atoms. The monoisotopic (exact) mass is 299 g/mol. The first kappa shape index (κ1) is 15.1. The van der Waals surface area contributed by atoms with Crippen LogP contribution in [-0.4, -0.2) is 43.1 Å². The van der Waals surface area contributed by atoms with Crippen LogP contribution in [0.3, 0.4) is 0 Å². The number of likely N-dealkylation sites (N-methyl/N-ethyl adjacent to an activating group) is 1. The third kappa shape index (κ3) is 2.91. The van der Waals surface area contributed by atoms with Gasteiger partial charge in [-0.25, -0.2) is 8.78 Å². The molecule has 0 spiro atoms. The second-order valence-electron chi connectivity index (χ2n) is 5.38. The van der Waals surface area contributed by atoms with Crippen LogP contribution in [-0.2, 0) is 0 Å². The zero-order valence-electron chi connectivity index (χ0n) is 11.7. The SMILES string of the molecule is CN(C)CC1CCCN1c1ccc(C(N)=S)c(F)c1F. The van der Waals surface area contributed by atoms with Crippen molar-refractivity contribution in [2.24, 2.45) is 5.73 Å². The molecule has 1 aromatic rings.